The number of carbonyl (C=O) groups is 1. The Morgan fingerprint density at radius 2 is 1.78 bits per heavy atom. The summed E-state index contributed by atoms with van der Waals surface area (Å²) in [7, 11) is 3.09. The van der Waals surface area contributed by atoms with Gasteiger partial charge in [0, 0.05) is 22.1 Å². The van der Waals surface area contributed by atoms with Crippen LogP contribution in [0.3, 0.4) is 0 Å². The van der Waals surface area contributed by atoms with Gasteiger partial charge in [0.25, 0.3) is 5.91 Å². The van der Waals surface area contributed by atoms with E-state index in [0.717, 1.165) is 29.3 Å². The second-order valence-electron chi connectivity index (χ2n) is 6.99. The number of amides is 1. The molecule has 174 valence electrons. The highest BCUT2D eigenvalue weighted by atomic mass is 79.9. The lowest BCUT2D eigenvalue weighted by Gasteiger charge is -2.15. The highest BCUT2D eigenvalue weighted by Gasteiger charge is 2.16. The largest absolute Gasteiger partial charge is 0.493 e. The molecule has 2 aromatic rings. The van der Waals surface area contributed by atoms with Crippen LogP contribution in [0.25, 0.3) is 0 Å². The van der Waals surface area contributed by atoms with Crippen molar-refractivity contribution in [1.82, 2.24) is 10.6 Å². The van der Waals surface area contributed by atoms with Crippen molar-refractivity contribution in [2.75, 3.05) is 20.8 Å². The fourth-order valence-electron chi connectivity index (χ4n) is 2.94. The van der Waals surface area contributed by atoms with Gasteiger partial charge in [0.2, 0.25) is 0 Å². The predicted octanol–water partition coefficient (Wildman–Crippen LogP) is 5.88. The second-order valence-corrected chi connectivity index (χ2v) is 8.72. The number of ether oxygens (including phenoxy) is 3. The van der Waals surface area contributed by atoms with Gasteiger partial charge >= 0.3 is 0 Å². The van der Waals surface area contributed by atoms with E-state index in [0.29, 0.717) is 41.0 Å². The highest BCUT2D eigenvalue weighted by molar-refractivity contribution is 9.10. The Labute approximate surface area is 208 Å². The third-order valence-electron chi connectivity index (χ3n) is 4.66. The summed E-state index contributed by atoms with van der Waals surface area (Å²) in [6.45, 7) is 3.02. The molecule has 9 heteroatoms. The van der Waals surface area contributed by atoms with Crippen LogP contribution in [0, 0.1) is 0 Å². The molecule has 0 bridgehead atoms. The average Bonchev–Trinajstić information content (AvgIpc) is 2.78. The summed E-state index contributed by atoms with van der Waals surface area (Å²) in [4.78, 5) is 12.8. The molecule has 2 rings (SSSR count). The van der Waals surface area contributed by atoms with E-state index in [1.165, 1.54) is 6.42 Å². The molecular weight excluding hydrogens is 516 g/mol. The molecule has 2 N–H and O–H groups in total. The van der Waals surface area contributed by atoms with Crippen LogP contribution in [0.2, 0.25) is 5.02 Å². The van der Waals surface area contributed by atoms with Crippen LogP contribution < -0.4 is 24.8 Å². The van der Waals surface area contributed by atoms with E-state index in [1.54, 1.807) is 38.5 Å². The predicted molar refractivity (Wildman–Crippen MR) is 135 cm³/mol. The van der Waals surface area contributed by atoms with Crippen LogP contribution in [-0.4, -0.2) is 31.8 Å². The fraction of sp³-hybridized carbons (Fsp3) is 0.391. The summed E-state index contributed by atoms with van der Waals surface area (Å²) in [5, 5.41) is 6.36. The molecule has 2 aromatic carbocycles. The van der Waals surface area contributed by atoms with Gasteiger partial charge < -0.3 is 19.5 Å². The van der Waals surface area contributed by atoms with Crippen molar-refractivity contribution in [2.24, 2.45) is 0 Å². The van der Waals surface area contributed by atoms with Gasteiger partial charge in [0.15, 0.2) is 16.6 Å². The zero-order valence-electron chi connectivity index (χ0n) is 18.4. The number of carbonyl (C=O) groups excluding carboxylic acids is 1. The minimum absolute atomic E-state index is 0.176. The Bertz CT molecular complexity index is 942. The molecular formula is C23H28BrClN2O4S. The van der Waals surface area contributed by atoms with Crippen molar-refractivity contribution in [3.8, 4) is 17.2 Å². The van der Waals surface area contributed by atoms with Crippen LogP contribution in [0.1, 0.15) is 48.5 Å². The minimum Gasteiger partial charge on any atom is -0.493 e. The highest BCUT2D eigenvalue weighted by Crippen LogP contribution is 2.33. The van der Waals surface area contributed by atoms with Crippen LogP contribution in [0.5, 0.6) is 17.2 Å². The van der Waals surface area contributed by atoms with E-state index in [2.05, 4.69) is 33.5 Å². The summed E-state index contributed by atoms with van der Waals surface area (Å²) in [5.74, 6) is 1.26. The van der Waals surface area contributed by atoms with Crippen molar-refractivity contribution in [3.05, 3.63) is 51.0 Å². The maximum Gasteiger partial charge on any atom is 0.261 e. The second kappa shape index (κ2) is 13.5. The van der Waals surface area contributed by atoms with Gasteiger partial charge in [-0.25, -0.2) is 0 Å². The Morgan fingerprint density at radius 3 is 2.47 bits per heavy atom. The van der Waals surface area contributed by atoms with E-state index < -0.39 is 0 Å². The lowest BCUT2D eigenvalue weighted by Crippen LogP contribution is -2.39. The lowest BCUT2D eigenvalue weighted by molar-refractivity contribution is 0.0972. The van der Waals surface area contributed by atoms with Crippen LogP contribution >= 0.6 is 39.7 Å². The maximum absolute atomic E-state index is 12.8. The third kappa shape index (κ3) is 7.83. The Hall–Kier alpha value is -2.03. The van der Waals surface area contributed by atoms with E-state index in [-0.39, 0.29) is 11.0 Å². The maximum atomic E-state index is 12.8. The van der Waals surface area contributed by atoms with Crippen molar-refractivity contribution < 1.29 is 19.0 Å². The number of hydrogen-bond acceptors (Lipinski definition) is 5. The third-order valence-corrected chi connectivity index (χ3v) is 5.75. The first-order valence-electron chi connectivity index (χ1n) is 10.3. The number of halogens is 2. The first kappa shape index (κ1) is 26.2. The van der Waals surface area contributed by atoms with E-state index in [4.69, 9.17) is 38.0 Å². The molecule has 0 aliphatic rings. The van der Waals surface area contributed by atoms with Gasteiger partial charge in [-0.15, -0.1) is 0 Å². The number of thiocarbonyl (C=S) groups is 1. The molecule has 0 fully saturated rings. The molecule has 0 aliphatic heterocycles. The summed E-state index contributed by atoms with van der Waals surface area (Å²) >= 11 is 15.0. The first-order valence-corrected chi connectivity index (χ1v) is 11.9. The van der Waals surface area contributed by atoms with Gasteiger partial charge in [0.1, 0.15) is 5.75 Å². The normalized spacial score (nSPS) is 10.4. The number of unbranched alkanes of at least 4 members (excludes halogenated alkanes) is 3. The SMILES string of the molecule is CCCCCCOc1ccc(Br)cc1C(=O)NC(=S)NCc1cc(OC)c(OC)cc1Cl. The summed E-state index contributed by atoms with van der Waals surface area (Å²) in [6, 6.07) is 8.76. The van der Waals surface area contributed by atoms with Gasteiger partial charge in [-0.05, 0) is 48.5 Å². The number of methoxy groups -OCH3 is 2. The zero-order chi connectivity index (χ0) is 23.5. The van der Waals surface area contributed by atoms with Crippen molar-refractivity contribution >= 4 is 50.8 Å². The van der Waals surface area contributed by atoms with Crippen LogP contribution in [0.15, 0.2) is 34.8 Å². The Kier molecular flexibility index (Phi) is 11.1. The number of hydrogen-bond donors (Lipinski definition) is 2. The molecule has 1 amide bonds. The monoisotopic (exact) mass is 542 g/mol. The summed E-state index contributed by atoms with van der Waals surface area (Å²) in [6.07, 6.45) is 4.37. The van der Waals surface area contributed by atoms with Crippen molar-refractivity contribution in [3.63, 3.8) is 0 Å². The Balaban J connectivity index is 1.99. The molecule has 6 nitrogen and oxygen atoms in total. The number of nitrogens with one attached hydrogen (secondary N) is 2. The minimum atomic E-state index is -0.356. The number of rotatable bonds is 11. The Morgan fingerprint density at radius 1 is 1.06 bits per heavy atom. The van der Waals surface area contributed by atoms with Crippen LogP contribution in [-0.2, 0) is 6.54 Å². The zero-order valence-corrected chi connectivity index (χ0v) is 21.6. The summed E-state index contributed by atoms with van der Waals surface area (Å²) < 4.78 is 17.2. The number of benzene rings is 2. The lowest BCUT2D eigenvalue weighted by atomic mass is 10.2. The first-order chi connectivity index (χ1) is 15.4. The molecule has 32 heavy (non-hydrogen) atoms. The van der Waals surface area contributed by atoms with E-state index in [9.17, 15) is 4.79 Å². The standard InChI is InChI=1S/C23H28BrClN2O4S/c1-4-5-6-7-10-31-19-9-8-16(24)12-17(19)22(28)27-23(32)26-14-15-11-20(29-2)21(30-3)13-18(15)25/h8-9,11-13H,4-7,10,14H2,1-3H3,(H2,26,27,28,32). The van der Waals surface area contributed by atoms with Gasteiger partial charge in [-0.3, -0.25) is 10.1 Å². The van der Waals surface area contributed by atoms with Crippen molar-refractivity contribution in [1.29, 1.82) is 0 Å². The van der Waals surface area contributed by atoms with E-state index in [1.807, 2.05) is 6.07 Å². The average molecular weight is 544 g/mol. The van der Waals surface area contributed by atoms with Gasteiger partial charge in [0.05, 0.1) is 26.4 Å². The molecule has 0 atom stereocenters. The fourth-order valence-corrected chi connectivity index (χ4v) is 3.68. The quantitative estimate of drug-likeness (QED) is 0.272. The van der Waals surface area contributed by atoms with Gasteiger partial charge in [-0.2, -0.15) is 0 Å². The summed E-state index contributed by atoms with van der Waals surface area (Å²) in [5.41, 5.74) is 1.16. The topological polar surface area (TPSA) is 68.8 Å². The molecule has 0 saturated carbocycles. The molecule has 0 aromatic heterocycles. The molecule has 0 saturated heterocycles. The van der Waals surface area contributed by atoms with Crippen molar-refractivity contribution in [2.45, 2.75) is 39.2 Å². The molecule has 0 heterocycles. The molecule has 0 radical (unpaired) electrons. The molecule has 0 aliphatic carbocycles. The smallest absolute Gasteiger partial charge is 0.261 e. The molecule has 0 unspecified atom stereocenters. The molecule has 0 spiro atoms. The van der Waals surface area contributed by atoms with E-state index >= 15 is 0 Å². The van der Waals surface area contributed by atoms with Crippen LogP contribution in [0.4, 0.5) is 0 Å². The van der Waals surface area contributed by atoms with Gasteiger partial charge in [-0.1, -0.05) is 53.7 Å².